The van der Waals surface area contributed by atoms with E-state index >= 15 is 0 Å². The van der Waals surface area contributed by atoms with Gasteiger partial charge >= 0.3 is 4.87 Å². The van der Waals surface area contributed by atoms with Crippen molar-refractivity contribution in [1.29, 1.82) is 0 Å². The second-order valence-corrected chi connectivity index (χ2v) is 6.23. The highest BCUT2D eigenvalue weighted by Gasteiger charge is 2.28. The van der Waals surface area contributed by atoms with Crippen LogP contribution in [0.4, 0.5) is 8.78 Å². The Labute approximate surface area is 131 Å². The summed E-state index contributed by atoms with van der Waals surface area (Å²) in [4.78, 5) is 12.4. The fraction of sp³-hybridized carbons (Fsp3) is 0.286. The van der Waals surface area contributed by atoms with Crippen molar-refractivity contribution >= 4 is 22.3 Å². The molecule has 9 heteroatoms. The number of hydrogen-bond donors (Lipinski definition) is 0. The number of aromatic nitrogens is 2. The number of halogens is 2. The van der Waals surface area contributed by atoms with Crippen LogP contribution in [-0.2, 0) is 9.47 Å². The molecule has 23 heavy (non-hydrogen) atoms. The van der Waals surface area contributed by atoms with E-state index in [0.29, 0.717) is 13.2 Å². The maximum atomic E-state index is 14.2. The van der Waals surface area contributed by atoms with E-state index in [0.717, 1.165) is 16.2 Å². The average molecular weight is 340 g/mol. The van der Waals surface area contributed by atoms with Crippen LogP contribution >= 0.6 is 11.3 Å². The molecule has 1 aliphatic heterocycles. The lowest BCUT2D eigenvalue weighted by Crippen LogP contribution is -2.10. The number of rotatable bonds is 2. The third-order valence-corrected chi connectivity index (χ3v) is 4.31. The number of fused-ring (bicyclic) bond motifs is 1. The first-order chi connectivity index (χ1) is 11.1. The molecule has 1 aliphatic rings. The Balaban J connectivity index is 1.97. The topological polar surface area (TPSA) is 66.5 Å². The summed E-state index contributed by atoms with van der Waals surface area (Å²) >= 11 is 1.02. The second kappa shape index (κ2) is 5.22. The zero-order chi connectivity index (χ0) is 16.1. The molecular formula is C14H10F2N2O4S. The molecule has 4 rings (SSSR count). The maximum absolute atomic E-state index is 14.2. The Morgan fingerprint density at radius 1 is 1.30 bits per heavy atom. The van der Waals surface area contributed by atoms with Gasteiger partial charge in [-0.3, -0.25) is 9.36 Å². The molecule has 0 aliphatic carbocycles. The lowest BCUT2D eigenvalue weighted by Gasteiger charge is -2.11. The van der Waals surface area contributed by atoms with Gasteiger partial charge in [0.1, 0.15) is 0 Å². The van der Waals surface area contributed by atoms with Gasteiger partial charge in [-0.2, -0.15) is 4.39 Å². The Morgan fingerprint density at radius 3 is 2.70 bits per heavy atom. The van der Waals surface area contributed by atoms with Gasteiger partial charge in [0.05, 0.1) is 18.6 Å². The molecular weight excluding hydrogens is 330 g/mol. The van der Waals surface area contributed by atoms with Crippen molar-refractivity contribution in [2.24, 2.45) is 0 Å². The van der Waals surface area contributed by atoms with Crippen LogP contribution in [0.5, 0.6) is 0 Å². The zero-order valence-corrected chi connectivity index (χ0v) is 12.7. The normalized spacial score (nSPS) is 15.8. The average Bonchev–Trinajstić information content (AvgIpc) is 3.22. The molecule has 1 saturated heterocycles. The minimum absolute atomic E-state index is 0.0862. The monoisotopic (exact) mass is 340 g/mol. The van der Waals surface area contributed by atoms with Crippen LogP contribution in [0.25, 0.3) is 16.8 Å². The molecule has 1 aromatic carbocycles. The smallest absolute Gasteiger partial charge is 0.313 e. The summed E-state index contributed by atoms with van der Waals surface area (Å²) in [5.74, 6) is -2.19. The van der Waals surface area contributed by atoms with Gasteiger partial charge in [0, 0.05) is 16.6 Å². The SMILES string of the molecule is Cc1cn(-c2noc3c(F)c(F)c(C4OCCO4)cc23)c(=O)s1. The Bertz CT molecular complexity index is 956. The summed E-state index contributed by atoms with van der Waals surface area (Å²) in [6.45, 7) is 2.35. The van der Waals surface area contributed by atoms with Crippen LogP contribution in [0, 0.1) is 18.6 Å². The number of thiazole rings is 1. The first-order valence-electron chi connectivity index (χ1n) is 6.76. The van der Waals surface area contributed by atoms with E-state index < -0.39 is 17.9 Å². The minimum Gasteiger partial charge on any atom is -0.351 e. The van der Waals surface area contributed by atoms with Crippen molar-refractivity contribution in [2.75, 3.05) is 13.2 Å². The molecule has 120 valence electrons. The van der Waals surface area contributed by atoms with Gasteiger partial charge in [-0.15, -0.1) is 0 Å². The molecule has 0 saturated carbocycles. The summed E-state index contributed by atoms with van der Waals surface area (Å²) in [5, 5.41) is 3.89. The first kappa shape index (κ1) is 14.5. The predicted molar refractivity (Wildman–Crippen MR) is 76.8 cm³/mol. The molecule has 3 heterocycles. The van der Waals surface area contributed by atoms with Crippen molar-refractivity contribution in [1.82, 2.24) is 9.72 Å². The number of benzene rings is 1. The van der Waals surface area contributed by atoms with Gasteiger partial charge in [0.15, 0.2) is 17.9 Å². The molecule has 2 aromatic heterocycles. The van der Waals surface area contributed by atoms with Crippen LogP contribution in [0.2, 0.25) is 0 Å². The fourth-order valence-corrected chi connectivity index (χ4v) is 3.17. The predicted octanol–water partition coefficient (Wildman–Crippen LogP) is 2.67. The van der Waals surface area contributed by atoms with E-state index in [1.165, 1.54) is 10.6 Å². The highest BCUT2D eigenvalue weighted by atomic mass is 32.1. The standard InChI is InChI=1S/C14H10F2N2O4S/c1-6-5-18(14(19)23-6)12-8-4-7(13-20-2-3-21-13)9(15)10(16)11(8)22-17-12/h4-5,13H,2-3H2,1H3. The zero-order valence-electron chi connectivity index (χ0n) is 11.8. The summed E-state index contributed by atoms with van der Waals surface area (Å²) in [6.07, 6.45) is 0.575. The molecule has 6 nitrogen and oxygen atoms in total. The van der Waals surface area contributed by atoms with E-state index in [9.17, 15) is 13.6 Å². The third-order valence-electron chi connectivity index (χ3n) is 3.51. The lowest BCUT2D eigenvalue weighted by molar-refractivity contribution is -0.0467. The third kappa shape index (κ3) is 2.19. The molecule has 0 radical (unpaired) electrons. The summed E-state index contributed by atoms with van der Waals surface area (Å²) in [5.41, 5.74) is -0.438. The largest absolute Gasteiger partial charge is 0.351 e. The number of hydrogen-bond acceptors (Lipinski definition) is 6. The van der Waals surface area contributed by atoms with Gasteiger partial charge in [0.25, 0.3) is 0 Å². The Kier molecular flexibility index (Phi) is 3.29. The molecule has 0 atom stereocenters. The van der Waals surface area contributed by atoms with Gasteiger partial charge < -0.3 is 14.0 Å². The second-order valence-electron chi connectivity index (χ2n) is 5.03. The molecule has 1 fully saturated rings. The van der Waals surface area contributed by atoms with Crippen molar-refractivity contribution < 1.29 is 22.8 Å². The highest BCUT2D eigenvalue weighted by molar-refractivity contribution is 7.09. The van der Waals surface area contributed by atoms with Crippen LogP contribution in [0.3, 0.4) is 0 Å². The molecule has 0 spiro atoms. The molecule has 0 N–H and O–H groups in total. The van der Waals surface area contributed by atoms with Gasteiger partial charge in [0.2, 0.25) is 11.4 Å². The molecule has 0 unspecified atom stereocenters. The van der Waals surface area contributed by atoms with Gasteiger partial charge in [-0.1, -0.05) is 16.5 Å². The van der Waals surface area contributed by atoms with Crippen molar-refractivity contribution in [3.8, 4) is 5.82 Å². The van der Waals surface area contributed by atoms with Crippen LogP contribution in [-0.4, -0.2) is 22.9 Å². The Morgan fingerprint density at radius 2 is 2.04 bits per heavy atom. The van der Waals surface area contributed by atoms with Gasteiger partial charge in [-0.25, -0.2) is 4.39 Å². The quantitative estimate of drug-likeness (QED) is 0.717. The highest BCUT2D eigenvalue weighted by Crippen LogP contribution is 2.33. The molecule has 0 amide bonds. The molecule has 0 bridgehead atoms. The van der Waals surface area contributed by atoms with Crippen LogP contribution in [0.15, 0.2) is 21.6 Å². The molecule has 3 aromatic rings. The fourth-order valence-electron chi connectivity index (χ4n) is 2.50. The maximum Gasteiger partial charge on any atom is 0.313 e. The number of aryl methyl sites for hydroxylation is 1. The summed E-state index contributed by atoms with van der Waals surface area (Å²) in [7, 11) is 0. The minimum atomic E-state index is -1.18. The van der Waals surface area contributed by atoms with E-state index in [1.807, 2.05) is 0 Å². The van der Waals surface area contributed by atoms with Crippen molar-refractivity contribution in [3.63, 3.8) is 0 Å². The van der Waals surface area contributed by atoms with E-state index in [4.69, 9.17) is 14.0 Å². The van der Waals surface area contributed by atoms with Crippen molar-refractivity contribution in [3.05, 3.63) is 44.0 Å². The Hall–Kier alpha value is -2.10. The van der Waals surface area contributed by atoms with E-state index in [2.05, 4.69) is 5.16 Å². The lowest BCUT2D eigenvalue weighted by atomic mass is 10.1. The van der Waals surface area contributed by atoms with E-state index in [1.54, 1.807) is 13.1 Å². The van der Waals surface area contributed by atoms with Crippen molar-refractivity contribution in [2.45, 2.75) is 13.2 Å². The summed E-state index contributed by atoms with van der Waals surface area (Å²) < 4.78 is 45.0. The van der Waals surface area contributed by atoms with Gasteiger partial charge in [-0.05, 0) is 13.0 Å². The van der Waals surface area contributed by atoms with E-state index in [-0.39, 0.29) is 27.2 Å². The number of nitrogens with zero attached hydrogens (tertiary/aromatic N) is 2. The van der Waals surface area contributed by atoms with Crippen LogP contribution < -0.4 is 4.87 Å². The van der Waals surface area contributed by atoms with Crippen LogP contribution in [0.1, 0.15) is 16.7 Å². The first-order valence-corrected chi connectivity index (χ1v) is 7.58. The summed E-state index contributed by atoms with van der Waals surface area (Å²) in [6, 6.07) is 1.34. The number of ether oxygens (including phenoxy) is 2.